The number of ether oxygens (including phenoxy) is 1. The van der Waals surface area contributed by atoms with E-state index in [0.29, 0.717) is 22.2 Å². The molecule has 0 atom stereocenters. The van der Waals surface area contributed by atoms with Crippen molar-refractivity contribution in [2.45, 2.75) is 52.2 Å². The predicted octanol–water partition coefficient (Wildman–Crippen LogP) is 4.33. The molecule has 1 aromatic carbocycles. The number of amides is 1. The molecule has 0 heterocycles. The van der Waals surface area contributed by atoms with Crippen LogP contribution in [0, 0.1) is 0 Å². The van der Waals surface area contributed by atoms with Crippen molar-refractivity contribution in [2.75, 3.05) is 6.54 Å². The number of hydrogen-bond donors (Lipinski definition) is 2. The number of carbonyl (C=O) groups is 1. The summed E-state index contributed by atoms with van der Waals surface area (Å²) in [5.41, 5.74) is 1.09. The Hall–Kier alpha value is -0.970. The van der Waals surface area contributed by atoms with E-state index in [1.54, 1.807) is 12.1 Å². The maximum atomic E-state index is 11.5. The number of hydrogen-bond acceptors (Lipinski definition) is 3. The summed E-state index contributed by atoms with van der Waals surface area (Å²) in [5.74, 6) is 0. The fourth-order valence-corrected chi connectivity index (χ4v) is 2.41. The second-order valence-electron chi connectivity index (χ2n) is 6.08. The van der Waals surface area contributed by atoms with Crippen LogP contribution in [0.5, 0.6) is 0 Å². The first kappa shape index (κ1) is 19.1. The molecule has 1 rings (SSSR count). The van der Waals surface area contributed by atoms with Gasteiger partial charge in [0.15, 0.2) is 0 Å². The predicted molar refractivity (Wildman–Crippen MR) is 89.6 cm³/mol. The minimum Gasteiger partial charge on any atom is -0.444 e. The molecule has 0 aliphatic carbocycles. The number of unbranched alkanes of at least 4 members (excludes halogenated alkanes) is 1. The van der Waals surface area contributed by atoms with Crippen molar-refractivity contribution in [3.8, 4) is 0 Å². The number of halogens is 2. The average Bonchev–Trinajstić information content (AvgIpc) is 2.39. The Morgan fingerprint density at radius 1 is 1.18 bits per heavy atom. The Morgan fingerprint density at radius 2 is 1.77 bits per heavy atom. The van der Waals surface area contributed by atoms with Gasteiger partial charge in [0.05, 0.1) is 6.61 Å². The zero-order valence-corrected chi connectivity index (χ0v) is 14.7. The third-order valence-electron chi connectivity index (χ3n) is 2.93. The lowest BCUT2D eigenvalue weighted by Gasteiger charge is -2.19. The number of nitrogens with one attached hydrogen (secondary N) is 1. The van der Waals surface area contributed by atoms with Crippen LogP contribution in [0.4, 0.5) is 4.79 Å². The summed E-state index contributed by atoms with van der Waals surface area (Å²) in [7, 11) is 0. The van der Waals surface area contributed by atoms with E-state index in [4.69, 9.17) is 33.0 Å². The second kappa shape index (κ2) is 8.61. The molecule has 1 amide bonds. The quantitative estimate of drug-likeness (QED) is 0.752. The van der Waals surface area contributed by atoms with Gasteiger partial charge in [0, 0.05) is 16.6 Å². The number of aryl methyl sites for hydroxylation is 1. The molecule has 0 saturated carbocycles. The molecular weight excluding hydrogens is 325 g/mol. The van der Waals surface area contributed by atoms with Crippen LogP contribution >= 0.6 is 23.2 Å². The van der Waals surface area contributed by atoms with E-state index >= 15 is 0 Å². The van der Waals surface area contributed by atoms with Crippen molar-refractivity contribution in [3.63, 3.8) is 0 Å². The molecular formula is C16H23Cl2NO3. The van der Waals surface area contributed by atoms with Crippen LogP contribution < -0.4 is 5.32 Å². The highest BCUT2D eigenvalue weighted by atomic mass is 35.5. The fourth-order valence-electron chi connectivity index (χ4n) is 1.89. The Labute approximate surface area is 141 Å². The van der Waals surface area contributed by atoms with Crippen molar-refractivity contribution in [2.24, 2.45) is 0 Å². The molecule has 0 bridgehead atoms. The van der Waals surface area contributed by atoms with E-state index in [-0.39, 0.29) is 6.61 Å². The van der Waals surface area contributed by atoms with E-state index in [0.717, 1.165) is 24.8 Å². The normalized spacial score (nSPS) is 11.4. The SMILES string of the molecule is CC(C)(C)OC(=O)NCCCCc1cc(Cl)c(CO)cc1Cl. The summed E-state index contributed by atoms with van der Waals surface area (Å²) < 4.78 is 5.15. The van der Waals surface area contributed by atoms with Gasteiger partial charge in [-0.2, -0.15) is 0 Å². The number of alkyl carbamates (subject to hydrolysis) is 1. The third kappa shape index (κ3) is 6.86. The summed E-state index contributed by atoms with van der Waals surface area (Å²) in [6.45, 7) is 5.91. The highest BCUT2D eigenvalue weighted by Gasteiger charge is 2.15. The Kier molecular flexibility index (Phi) is 7.46. The van der Waals surface area contributed by atoms with Crippen molar-refractivity contribution < 1.29 is 14.6 Å². The van der Waals surface area contributed by atoms with Crippen LogP contribution in [0.15, 0.2) is 12.1 Å². The van der Waals surface area contributed by atoms with Crippen LogP contribution in [0.25, 0.3) is 0 Å². The Balaban J connectivity index is 2.34. The first-order chi connectivity index (χ1) is 10.2. The molecule has 0 saturated heterocycles. The number of carbonyl (C=O) groups excluding carboxylic acids is 1. The number of rotatable bonds is 6. The lowest BCUT2D eigenvalue weighted by Crippen LogP contribution is -2.33. The van der Waals surface area contributed by atoms with Gasteiger partial charge in [0.2, 0.25) is 0 Å². The van der Waals surface area contributed by atoms with E-state index < -0.39 is 11.7 Å². The topological polar surface area (TPSA) is 58.6 Å². The molecule has 0 spiro atoms. The summed E-state index contributed by atoms with van der Waals surface area (Å²) in [5, 5.41) is 13.0. The molecule has 2 N–H and O–H groups in total. The molecule has 4 nitrogen and oxygen atoms in total. The van der Waals surface area contributed by atoms with Gasteiger partial charge in [0.25, 0.3) is 0 Å². The van der Waals surface area contributed by atoms with E-state index in [1.807, 2.05) is 20.8 Å². The van der Waals surface area contributed by atoms with Gasteiger partial charge in [-0.3, -0.25) is 0 Å². The molecule has 0 aliphatic heterocycles. The van der Waals surface area contributed by atoms with Crippen LogP contribution in [0.2, 0.25) is 10.0 Å². The van der Waals surface area contributed by atoms with E-state index in [2.05, 4.69) is 5.32 Å². The van der Waals surface area contributed by atoms with Crippen LogP contribution in [-0.2, 0) is 17.8 Å². The highest BCUT2D eigenvalue weighted by Crippen LogP contribution is 2.26. The second-order valence-corrected chi connectivity index (χ2v) is 6.89. The standard InChI is InChI=1S/C16H23Cl2NO3/c1-16(2,3)22-15(21)19-7-5-4-6-11-8-14(18)12(10-20)9-13(11)17/h8-9,20H,4-7,10H2,1-3H3,(H,19,21). The van der Waals surface area contributed by atoms with Crippen molar-refractivity contribution >= 4 is 29.3 Å². The zero-order valence-electron chi connectivity index (χ0n) is 13.2. The third-order valence-corrected chi connectivity index (χ3v) is 3.63. The van der Waals surface area contributed by atoms with Gasteiger partial charge >= 0.3 is 6.09 Å². The molecule has 22 heavy (non-hydrogen) atoms. The smallest absolute Gasteiger partial charge is 0.407 e. The molecule has 0 unspecified atom stereocenters. The van der Waals surface area contributed by atoms with Gasteiger partial charge in [-0.1, -0.05) is 23.2 Å². The van der Waals surface area contributed by atoms with E-state index in [9.17, 15) is 4.79 Å². The summed E-state index contributed by atoms with van der Waals surface area (Å²) in [6, 6.07) is 3.48. The van der Waals surface area contributed by atoms with Crippen LogP contribution in [0.3, 0.4) is 0 Å². The lowest BCUT2D eigenvalue weighted by atomic mass is 10.1. The summed E-state index contributed by atoms with van der Waals surface area (Å²) >= 11 is 12.2. The minimum atomic E-state index is -0.483. The number of benzene rings is 1. The maximum Gasteiger partial charge on any atom is 0.407 e. The van der Waals surface area contributed by atoms with Gasteiger partial charge in [-0.15, -0.1) is 0 Å². The first-order valence-corrected chi connectivity index (χ1v) is 8.03. The van der Waals surface area contributed by atoms with Gasteiger partial charge in [-0.25, -0.2) is 4.79 Å². The monoisotopic (exact) mass is 347 g/mol. The van der Waals surface area contributed by atoms with Crippen LogP contribution in [0.1, 0.15) is 44.7 Å². The van der Waals surface area contributed by atoms with Gasteiger partial charge < -0.3 is 15.2 Å². The summed E-state index contributed by atoms with van der Waals surface area (Å²) in [6.07, 6.45) is 2.04. The average molecular weight is 348 g/mol. The molecule has 6 heteroatoms. The number of aliphatic hydroxyl groups is 1. The maximum absolute atomic E-state index is 11.5. The fraction of sp³-hybridized carbons (Fsp3) is 0.562. The van der Waals surface area contributed by atoms with Crippen molar-refractivity contribution in [1.29, 1.82) is 0 Å². The molecule has 124 valence electrons. The highest BCUT2D eigenvalue weighted by molar-refractivity contribution is 6.34. The molecule has 0 aromatic heterocycles. The largest absolute Gasteiger partial charge is 0.444 e. The van der Waals surface area contributed by atoms with E-state index in [1.165, 1.54) is 0 Å². The molecule has 0 radical (unpaired) electrons. The van der Waals surface area contributed by atoms with Crippen molar-refractivity contribution in [1.82, 2.24) is 5.32 Å². The Morgan fingerprint density at radius 3 is 2.36 bits per heavy atom. The van der Waals surface area contributed by atoms with Crippen molar-refractivity contribution in [3.05, 3.63) is 33.3 Å². The minimum absolute atomic E-state index is 0.126. The lowest BCUT2D eigenvalue weighted by molar-refractivity contribution is 0.0527. The molecule has 0 fully saturated rings. The zero-order chi connectivity index (χ0) is 16.8. The summed E-state index contributed by atoms with van der Waals surface area (Å²) in [4.78, 5) is 11.5. The Bertz CT molecular complexity index is 513. The first-order valence-electron chi connectivity index (χ1n) is 7.27. The van der Waals surface area contributed by atoms with Crippen LogP contribution in [-0.4, -0.2) is 23.3 Å². The van der Waals surface area contributed by atoms with Gasteiger partial charge in [-0.05, 0) is 63.3 Å². The molecule has 0 aliphatic rings. The number of aliphatic hydroxyl groups excluding tert-OH is 1. The van der Waals surface area contributed by atoms with Gasteiger partial charge in [0.1, 0.15) is 5.60 Å². The molecule has 1 aromatic rings.